The van der Waals surface area contributed by atoms with E-state index in [4.69, 9.17) is 4.99 Å². The van der Waals surface area contributed by atoms with E-state index in [2.05, 4.69) is 4.98 Å². The number of aromatic nitrogens is 1. The molecule has 7 nitrogen and oxygen atoms in total. The third kappa shape index (κ3) is 3.98. The Morgan fingerprint density at radius 2 is 1.41 bits per heavy atom. The van der Waals surface area contributed by atoms with Crippen LogP contribution in [0, 0.1) is 10.1 Å². The molecule has 4 aromatic carbocycles. The number of hydrogen-bond acceptors (Lipinski definition) is 4. The highest BCUT2D eigenvalue weighted by atomic mass is 16.6. The molecular weight excluding hydrogens is 464 g/mol. The van der Waals surface area contributed by atoms with Crippen molar-refractivity contribution in [3.8, 4) is 11.3 Å². The van der Waals surface area contributed by atoms with Crippen molar-refractivity contribution in [1.29, 1.82) is 0 Å². The van der Waals surface area contributed by atoms with Gasteiger partial charge in [0.15, 0.2) is 0 Å². The zero-order valence-corrected chi connectivity index (χ0v) is 19.5. The van der Waals surface area contributed by atoms with Gasteiger partial charge in [-0.05, 0) is 29.8 Å². The SMILES string of the molecule is O=C1/C(=C\c2ccc([N+](=O)[O-])cc2)N=C(c2ccccc2)N1c1c(-c2ccccc2)[nH]c2ccccc12. The lowest BCUT2D eigenvalue weighted by Crippen LogP contribution is -2.33. The molecule has 7 heteroatoms. The third-order valence-electron chi connectivity index (χ3n) is 6.26. The van der Waals surface area contributed by atoms with Gasteiger partial charge in [0.1, 0.15) is 11.5 Å². The Hall–Kier alpha value is -5.30. The van der Waals surface area contributed by atoms with Crippen LogP contribution in [-0.4, -0.2) is 21.7 Å². The van der Waals surface area contributed by atoms with E-state index < -0.39 is 4.92 Å². The van der Waals surface area contributed by atoms with Gasteiger partial charge < -0.3 is 4.98 Å². The minimum Gasteiger partial charge on any atom is -0.353 e. The number of nitro benzene ring substituents is 1. The van der Waals surface area contributed by atoms with Gasteiger partial charge in [-0.2, -0.15) is 0 Å². The molecule has 1 aliphatic rings. The van der Waals surface area contributed by atoms with E-state index in [0.717, 1.165) is 33.4 Å². The van der Waals surface area contributed by atoms with E-state index in [-0.39, 0.29) is 17.3 Å². The second-order valence-corrected chi connectivity index (χ2v) is 8.58. The topological polar surface area (TPSA) is 91.6 Å². The Morgan fingerprint density at radius 1 is 0.784 bits per heavy atom. The summed E-state index contributed by atoms with van der Waals surface area (Å²) < 4.78 is 0. The summed E-state index contributed by atoms with van der Waals surface area (Å²) in [5, 5.41) is 11.9. The first kappa shape index (κ1) is 22.2. The smallest absolute Gasteiger partial charge is 0.282 e. The van der Waals surface area contributed by atoms with Crippen LogP contribution < -0.4 is 4.90 Å². The summed E-state index contributed by atoms with van der Waals surface area (Å²) in [6.45, 7) is 0. The number of para-hydroxylation sites is 1. The summed E-state index contributed by atoms with van der Waals surface area (Å²) in [5.41, 5.74) is 5.07. The lowest BCUT2D eigenvalue weighted by molar-refractivity contribution is -0.384. The van der Waals surface area contributed by atoms with Crippen molar-refractivity contribution in [1.82, 2.24) is 4.98 Å². The molecule has 1 aromatic heterocycles. The van der Waals surface area contributed by atoms with E-state index in [0.29, 0.717) is 11.4 Å². The zero-order chi connectivity index (χ0) is 25.4. The Bertz CT molecular complexity index is 1700. The third-order valence-corrected chi connectivity index (χ3v) is 6.26. The minimum absolute atomic E-state index is 0.0127. The van der Waals surface area contributed by atoms with Crippen LogP contribution in [0.2, 0.25) is 0 Å². The van der Waals surface area contributed by atoms with E-state index in [1.165, 1.54) is 12.1 Å². The van der Waals surface area contributed by atoms with Crippen molar-refractivity contribution in [3.05, 3.63) is 136 Å². The molecule has 1 aliphatic heterocycles. The predicted molar refractivity (Wildman–Crippen MR) is 145 cm³/mol. The quantitative estimate of drug-likeness (QED) is 0.174. The van der Waals surface area contributed by atoms with Gasteiger partial charge in [-0.15, -0.1) is 0 Å². The largest absolute Gasteiger partial charge is 0.353 e. The molecule has 0 saturated carbocycles. The summed E-state index contributed by atoms with van der Waals surface area (Å²) in [7, 11) is 0. The normalized spacial score (nSPS) is 14.4. The van der Waals surface area contributed by atoms with Crippen LogP contribution in [0.5, 0.6) is 0 Å². The number of amidine groups is 1. The molecule has 0 unspecified atom stereocenters. The fraction of sp³-hybridized carbons (Fsp3) is 0. The standard InChI is InChI=1S/C30H20N4O3/c35-30-26(19-20-15-17-23(18-16-20)34(36)37)32-29(22-11-5-2-6-12-22)33(30)28-24-13-7-8-14-25(24)31-27(28)21-9-3-1-4-10-21/h1-19,31H/b26-19+. The molecule has 5 aromatic rings. The molecule has 1 amide bonds. The number of nitrogens with one attached hydrogen (secondary N) is 1. The number of anilines is 1. The molecule has 37 heavy (non-hydrogen) atoms. The molecule has 178 valence electrons. The highest BCUT2D eigenvalue weighted by molar-refractivity contribution is 6.36. The van der Waals surface area contributed by atoms with E-state index in [1.807, 2.05) is 84.9 Å². The number of H-pyrrole nitrogens is 1. The first-order valence-corrected chi connectivity index (χ1v) is 11.7. The molecular formula is C30H20N4O3. The lowest BCUT2D eigenvalue weighted by atomic mass is 10.1. The molecule has 1 N–H and O–H groups in total. The van der Waals surface area contributed by atoms with Crippen molar-refractivity contribution < 1.29 is 9.72 Å². The molecule has 6 rings (SSSR count). The molecule has 2 heterocycles. The molecule has 0 fully saturated rings. The number of amides is 1. The maximum absolute atomic E-state index is 14.0. The van der Waals surface area contributed by atoms with Gasteiger partial charge in [0.2, 0.25) is 0 Å². The number of fused-ring (bicyclic) bond motifs is 1. The van der Waals surface area contributed by atoms with Crippen molar-refractivity contribution in [2.45, 2.75) is 0 Å². The van der Waals surface area contributed by atoms with Gasteiger partial charge in [0.25, 0.3) is 11.6 Å². The number of aromatic amines is 1. The van der Waals surface area contributed by atoms with Crippen LogP contribution in [0.15, 0.2) is 120 Å². The number of hydrogen-bond donors (Lipinski definition) is 1. The molecule has 0 aliphatic carbocycles. The van der Waals surface area contributed by atoms with Gasteiger partial charge in [-0.25, -0.2) is 4.99 Å². The fourth-order valence-electron chi connectivity index (χ4n) is 4.53. The first-order valence-electron chi connectivity index (χ1n) is 11.7. The Labute approximate surface area is 212 Å². The van der Waals surface area contributed by atoms with Crippen LogP contribution in [0.25, 0.3) is 28.2 Å². The maximum atomic E-state index is 14.0. The van der Waals surface area contributed by atoms with Crippen molar-refractivity contribution in [2.75, 3.05) is 4.90 Å². The summed E-state index contributed by atoms with van der Waals surface area (Å²) >= 11 is 0. The molecule has 0 saturated heterocycles. The molecule has 0 atom stereocenters. The molecule has 0 radical (unpaired) electrons. The first-order chi connectivity index (χ1) is 18.1. The van der Waals surface area contributed by atoms with Crippen LogP contribution >= 0.6 is 0 Å². The summed E-state index contributed by atoms with van der Waals surface area (Å²) in [4.78, 5) is 34.5. The lowest BCUT2D eigenvalue weighted by Gasteiger charge is -2.20. The van der Waals surface area contributed by atoms with Gasteiger partial charge >= 0.3 is 0 Å². The predicted octanol–water partition coefficient (Wildman–Crippen LogP) is 6.58. The van der Waals surface area contributed by atoms with Crippen molar-refractivity contribution in [2.24, 2.45) is 4.99 Å². The van der Waals surface area contributed by atoms with Crippen molar-refractivity contribution in [3.63, 3.8) is 0 Å². The second-order valence-electron chi connectivity index (χ2n) is 8.58. The van der Waals surface area contributed by atoms with Gasteiger partial charge in [0.05, 0.1) is 16.3 Å². The molecule has 0 bridgehead atoms. The number of nitrogens with zero attached hydrogens (tertiary/aromatic N) is 3. The van der Waals surface area contributed by atoms with E-state index in [9.17, 15) is 14.9 Å². The summed E-state index contributed by atoms with van der Waals surface area (Å²) in [5.74, 6) is 0.236. The van der Waals surface area contributed by atoms with Gasteiger partial charge in [-0.3, -0.25) is 19.8 Å². The highest BCUT2D eigenvalue weighted by Gasteiger charge is 2.36. The number of rotatable bonds is 5. The number of carbonyl (C=O) groups is 1. The molecule has 0 spiro atoms. The zero-order valence-electron chi connectivity index (χ0n) is 19.5. The number of benzene rings is 4. The average molecular weight is 485 g/mol. The van der Waals surface area contributed by atoms with E-state index >= 15 is 0 Å². The number of nitro groups is 1. The van der Waals surface area contributed by atoms with Crippen LogP contribution in [0.4, 0.5) is 11.4 Å². The number of aliphatic imine (C=N–C) groups is 1. The van der Waals surface area contributed by atoms with Crippen LogP contribution in [0.1, 0.15) is 11.1 Å². The summed E-state index contributed by atoms with van der Waals surface area (Å²) in [6.07, 6.45) is 1.66. The van der Waals surface area contributed by atoms with Crippen LogP contribution in [-0.2, 0) is 4.79 Å². The Balaban J connectivity index is 1.55. The minimum atomic E-state index is -0.451. The monoisotopic (exact) mass is 484 g/mol. The van der Waals surface area contributed by atoms with Crippen LogP contribution in [0.3, 0.4) is 0 Å². The highest BCUT2D eigenvalue weighted by Crippen LogP contribution is 2.41. The Kier molecular flexibility index (Phi) is 5.43. The Morgan fingerprint density at radius 3 is 2.08 bits per heavy atom. The van der Waals surface area contributed by atoms with Crippen molar-refractivity contribution >= 4 is 40.1 Å². The average Bonchev–Trinajstić information content (AvgIpc) is 3.47. The second kappa shape index (κ2) is 9.05. The summed E-state index contributed by atoms with van der Waals surface area (Å²) in [6, 6.07) is 33.4. The van der Waals surface area contributed by atoms with Gasteiger partial charge in [0, 0.05) is 34.2 Å². The van der Waals surface area contributed by atoms with E-state index in [1.54, 1.807) is 23.1 Å². The fourth-order valence-corrected chi connectivity index (χ4v) is 4.53. The number of carbonyl (C=O) groups excluding carboxylic acids is 1. The number of non-ortho nitro benzene ring substituents is 1. The van der Waals surface area contributed by atoms with Gasteiger partial charge in [-0.1, -0.05) is 78.9 Å². The maximum Gasteiger partial charge on any atom is 0.282 e.